The molecule has 1 saturated carbocycles. The standard InChI is InChI=1S/C23H31N3O3/c1-14-6-7-17-16(8-14)19(20(24-17)21(28)29-5)25-18(27)11-26-13-23(4)10-15(26)9-22(2,3)12-23/h6-8,15,24H,9-13H2,1-5H3,(H,25,27)/p+1/t15-,23-/m0/s1. The summed E-state index contributed by atoms with van der Waals surface area (Å²) >= 11 is 0. The average Bonchev–Trinajstić information content (AvgIpc) is 3.07. The highest BCUT2D eigenvalue weighted by atomic mass is 16.5. The van der Waals surface area contributed by atoms with Crippen LogP contribution in [0.15, 0.2) is 18.2 Å². The van der Waals surface area contributed by atoms with Crippen molar-refractivity contribution in [3.05, 3.63) is 29.5 Å². The second kappa shape index (κ2) is 6.87. The van der Waals surface area contributed by atoms with Gasteiger partial charge in [0.15, 0.2) is 6.54 Å². The molecule has 0 spiro atoms. The lowest BCUT2D eigenvalue weighted by molar-refractivity contribution is -0.906. The summed E-state index contributed by atoms with van der Waals surface area (Å²) in [6, 6.07) is 6.40. The van der Waals surface area contributed by atoms with E-state index in [9.17, 15) is 9.59 Å². The Morgan fingerprint density at radius 2 is 2.03 bits per heavy atom. The zero-order valence-corrected chi connectivity index (χ0v) is 18.1. The summed E-state index contributed by atoms with van der Waals surface area (Å²) in [6.07, 6.45) is 3.57. The molecule has 2 fully saturated rings. The van der Waals surface area contributed by atoms with E-state index in [1.807, 2.05) is 25.1 Å². The number of hydrogen-bond donors (Lipinski definition) is 3. The maximum Gasteiger partial charge on any atom is 0.356 e. The molecule has 1 unspecified atom stereocenters. The molecule has 2 heterocycles. The Morgan fingerprint density at radius 3 is 2.76 bits per heavy atom. The van der Waals surface area contributed by atoms with Crippen LogP contribution in [0.25, 0.3) is 10.9 Å². The van der Waals surface area contributed by atoms with Crippen LogP contribution in [-0.2, 0) is 9.53 Å². The number of esters is 1. The third kappa shape index (κ3) is 3.78. The Balaban J connectivity index is 1.57. The van der Waals surface area contributed by atoms with Gasteiger partial charge in [-0.2, -0.15) is 0 Å². The summed E-state index contributed by atoms with van der Waals surface area (Å²) in [5.41, 5.74) is 3.35. The maximum atomic E-state index is 13.0. The van der Waals surface area contributed by atoms with Gasteiger partial charge in [-0.1, -0.05) is 32.4 Å². The molecule has 1 saturated heterocycles. The van der Waals surface area contributed by atoms with Crippen LogP contribution in [0.4, 0.5) is 5.69 Å². The molecule has 6 nitrogen and oxygen atoms in total. The molecular weight excluding hydrogens is 366 g/mol. The van der Waals surface area contributed by atoms with Crippen molar-refractivity contribution < 1.29 is 19.2 Å². The molecule has 1 aromatic carbocycles. The molecule has 29 heavy (non-hydrogen) atoms. The van der Waals surface area contributed by atoms with Crippen LogP contribution in [0.1, 0.15) is 56.1 Å². The number of benzene rings is 1. The molecule has 0 radical (unpaired) electrons. The van der Waals surface area contributed by atoms with E-state index in [1.165, 1.54) is 24.9 Å². The second-order valence-corrected chi connectivity index (χ2v) is 10.2. The minimum absolute atomic E-state index is 0.0542. The van der Waals surface area contributed by atoms with Gasteiger partial charge in [-0.15, -0.1) is 0 Å². The molecular formula is C23H32N3O3+. The normalized spacial score (nSPS) is 27.8. The maximum absolute atomic E-state index is 13.0. The molecule has 6 heteroatoms. The molecule has 3 N–H and O–H groups in total. The summed E-state index contributed by atoms with van der Waals surface area (Å²) in [5.74, 6) is -0.533. The van der Waals surface area contributed by atoms with Crippen molar-refractivity contribution in [2.24, 2.45) is 10.8 Å². The topological polar surface area (TPSA) is 75.6 Å². The van der Waals surface area contributed by atoms with Crippen LogP contribution < -0.4 is 10.2 Å². The SMILES string of the molecule is COC(=O)c1[nH]c2ccc(C)cc2c1NC(=O)C[NH+]1C[C@@]2(C)C[C@@H]1CC(C)(C)C2. The quantitative estimate of drug-likeness (QED) is 0.693. The van der Waals surface area contributed by atoms with E-state index in [2.05, 4.69) is 31.1 Å². The number of ether oxygens (including phenoxy) is 1. The third-order valence-electron chi connectivity index (χ3n) is 6.67. The molecule has 1 aromatic heterocycles. The lowest BCUT2D eigenvalue weighted by atomic mass is 9.65. The number of rotatable bonds is 4. The van der Waals surface area contributed by atoms with Crippen molar-refractivity contribution in [1.82, 2.24) is 4.98 Å². The number of aromatic nitrogens is 1. The van der Waals surface area contributed by atoms with Crippen LogP contribution in [0, 0.1) is 17.8 Å². The predicted molar refractivity (Wildman–Crippen MR) is 113 cm³/mol. The Kier molecular flexibility index (Phi) is 4.73. The molecule has 2 bridgehead atoms. The van der Waals surface area contributed by atoms with Gasteiger partial charge in [-0.25, -0.2) is 4.79 Å². The first-order chi connectivity index (χ1) is 13.6. The van der Waals surface area contributed by atoms with Crippen molar-refractivity contribution in [2.45, 2.75) is 53.0 Å². The smallest absolute Gasteiger partial charge is 0.356 e. The lowest BCUT2D eigenvalue weighted by Gasteiger charge is -2.37. The van der Waals surface area contributed by atoms with Crippen molar-refractivity contribution in [3.8, 4) is 0 Å². The average molecular weight is 399 g/mol. The Morgan fingerprint density at radius 1 is 1.28 bits per heavy atom. The minimum Gasteiger partial charge on any atom is -0.464 e. The van der Waals surface area contributed by atoms with E-state index < -0.39 is 5.97 Å². The van der Waals surface area contributed by atoms with Gasteiger partial charge < -0.3 is 19.9 Å². The number of amides is 1. The molecule has 156 valence electrons. The van der Waals surface area contributed by atoms with Gasteiger partial charge in [0.1, 0.15) is 5.69 Å². The first-order valence-corrected chi connectivity index (χ1v) is 10.4. The highest BCUT2D eigenvalue weighted by Crippen LogP contribution is 2.47. The molecule has 1 aliphatic heterocycles. The van der Waals surface area contributed by atoms with Crippen molar-refractivity contribution >= 4 is 28.5 Å². The molecule has 1 amide bonds. The number of H-pyrrole nitrogens is 1. The van der Waals surface area contributed by atoms with E-state index in [1.54, 1.807) is 0 Å². The Labute approximate surface area is 172 Å². The van der Waals surface area contributed by atoms with E-state index in [0.29, 0.717) is 34.8 Å². The number of hydrogen-bond acceptors (Lipinski definition) is 3. The second-order valence-electron chi connectivity index (χ2n) is 10.2. The summed E-state index contributed by atoms with van der Waals surface area (Å²) in [7, 11) is 1.35. The minimum atomic E-state index is -0.479. The van der Waals surface area contributed by atoms with Gasteiger partial charge in [0.05, 0.1) is 25.4 Å². The fourth-order valence-electron chi connectivity index (χ4n) is 6.04. The van der Waals surface area contributed by atoms with Crippen LogP contribution in [0.5, 0.6) is 0 Å². The van der Waals surface area contributed by atoms with E-state index in [0.717, 1.165) is 29.4 Å². The summed E-state index contributed by atoms with van der Waals surface area (Å²) in [5, 5.41) is 3.86. The van der Waals surface area contributed by atoms with Gasteiger partial charge in [0.25, 0.3) is 5.91 Å². The Bertz CT molecular complexity index is 977. The summed E-state index contributed by atoms with van der Waals surface area (Å²) in [6.45, 7) is 10.5. The number of nitrogens with one attached hydrogen (secondary N) is 3. The molecule has 2 aromatic rings. The number of carbonyl (C=O) groups is 2. The monoisotopic (exact) mass is 398 g/mol. The van der Waals surface area contributed by atoms with Crippen molar-refractivity contribution in [2.75, 3.05) is 25.5 Å². The fourth-order valence-corrected chi connectivity index (χ4v) is 6.04. The van der Waals surface area contributed by atoms with Gasteiger partial charge in [-0.05, 0) is 30.9 Å². The summed E-state index contributed by atoms with van der Waals surface area (Å²) in [4.78, 5) is 29.7. The van der Waals surface area contributed by atoms with E-state index in [-0.39, 0.29) is 5.91 Å². The van der Waals surface area contributed by atoms with Crippen molar-refractivity contribution in [3.63, 3.8) is 0 Å². The van der Waals surface area contributed by atoms with Gasteiger partial charge in [0.2, 0.25) is 0 Å². The number of likely N-dealkylation sites (tertiary alicyclic amines) is 1. The largest absolute Gasteiger partial charge is 0.464 e. The number of methoxy groups -OCH3 is 1. The zero-order chi connectivity index (χ0) is 21.0. The number of carbonyl (C=O) groups excluding carboxylic acids is 2. The van der Waals surface area contributed by atoms with Crippen LogP contribution in [0.3, 0.4) is 0 Å². The number of aromatic amines is 1. The van der Waals surface area contributed by atoms with Crippen LogP contribution in [0.2, 0.25) is 0 Å². The highest BCUT2D eigenvalue weighted by Gasteiger charge is 2.53. The van der Waals surface area contributed by atoms with Crippen molar-refractivity contribution in [1.29, 1.82) is 0 Å². The number of aryl methyl sites for hydroxylation is 1. The van der Waals surface area contributed by atoms with Gasteiger partial charge in [0, 0.05) is 29.2 Å². The molecule has 1 aliphatic carbocycles. The third-order valence-corrected chi connectivity index (χ3v) is 6.67. The van der Waals surface area contributed by atoms with E-state index >= 15 is 0 Å². The summed E-state index contributed by atoms with van der Waals surface area (Å²) < 4.78 is 4.92. The van der Waals surface area contributed by atoms with Crippen LogP contribution in [-0.4, -0.2) is 43.1 Å². The molecule has 4 rings (SSSR count). The van der Waals surface area contributed by atoms with Crippen LogP contribution >= 0.6 is 0 Å². The number of anilines is 1. The number of quaternary nitrogens is 1. The first kappa shape index (κ1) is 20.0. The Hall–Kier alpha value is -2.34. The number of fused-ring (bicyclic) bond motifs is 3. The molecule has 2 aliphatic rings. The first-order valence-electron chi connectivity index (χ1n) is 10.4. The fraction of sp³-hybridized carbons (Fsp3) is 0.565. The van der Waals surface area contributed by atoms with Gasteiger partial charge in [-0.3, -0.25) is 4.79 Å². The zero-order valence-electron chi connectivity index (χ0n) is 18.1. The predicted octanol–water partition coefficient (Wildman–Crippen LogP) is 2.68. The lowest BCUT2D eigenvalue weighted by Crippen LogP contribution is -3.15. The van der Waals surface area contributed by atoms with Gasteiger partial charge >= 0.3 is 5.97 Å². The van der Waals surface area contributed by atoms with E-state index in [4.69, 9.17) is 4.74 Å². The highest BCUT2D eigenvalue weighted by molar-refractivity contribution is 6.11. The molecule has 3 atom stereocenters.